The first-order valence-electron chi connectivity index (χ1n) is 11.0. The van der Waals surface area contributed by atoms with Crippen LogP contribution in [0, 0.1) is 5.92 Å². The van der Waals surface area contributed by atoms with E-state index in [1.807, 2.05) is 48.5 Å². The van der Waals surface area contributed by atoms with Crippen LogP contribution in [0.25, 0.3) is 0 Å². The van der Waals surface area contributed by atoms with Gasteiger partial charge in [0.2, 0.25) is 11.8 Å². The van der Waals surface area contributed by atoms with Gasteiger partial charge < -0.3 is 19.7 Å². The smallest absolute Gasteiger partial charge is 0.228 e. The van der Waals surface area contributed by atoms with Crippen molar-refractivity contribution in [1.82, 2.24) is 5.32 Å². The molecule has 6 nitrogen and oxygen atoms in total. The Hall–Kier alpha value is -3.02. The SMILES string of the molecule is COc1ccc([C@H]2[C@@H](C(=O)NC3CCCCC3)CC(=O)N2c2ccc(OC)cc2)cc1. The number of carbonyl (C=O) groups is 2. The van der Waals surface area contributed by atoms with Gasteiger partial charge in [0, 0.05) is 18.2 Å². The average molecular weight is 423 g/mol. The molecule has 1 aliphatic carbocycles. The van der Waals surface area contributed by atoms with Gasteiger partial charge in [-0.25, -0.2) is 0 Å². The molecule has 31 heavy (non-hydrogen) atoms. The Bertz CT molecular complexity index is 904. The van der Waals surface area contributed by atoms with Crippen LogP contribution in [0.1, 0.15) is 50.1 Å². The third-order valence-corrected chi connectivity index (χ3v) is 6.42. The van der Waals surface area contributed by atoms with Crippen molar-refractivity contribution in [3.63, 3.8) is 0 Å². The van der Waals surface area contributed by atoms with Gasteiger partial charge in [-0.15, -0.1) is 0 Å². The molecule has 0 spiro atoms. The molecule has 6 heteroatoms. The minimum Gasteiger partial charge on any atom is -0.497 e. The summed E-state index contributed by atoms with van der Waals surface area (Å²) < 4.78 is 10.5. The summed E-state index contributed by atoms with van der Waals surface area (Å²) in [4.78, 5) is 28.2. The molecule has 1 aliphatic heterocycles. The lowest BCUT2D eigenvalue weighted by atomic mass is 9.90. The molecule has 1 saturated carbocycles. The monoisotopic (exact) mass is 422 g/mol. The molecule has 0 unspecified atom stereocenters. The van der Waals surface area contributed by atoms with E-state index in [-0.39, 0.29) is 30.3 Å². The Morgan fingerprint density at radius 2 is 1.48 bits per heavy atom. The summed E-state index contributed by atoms with van der Waals surface area (Å²) >= 11 is 0. The summed E-state index contributed by atoms with van der Waals surface area (Å²) in [6.45, 7) is 0. The molecular formula is C25H30N2O4. The first kappa shape index (κ1) is 21.2. The van der Waals surface area contributed by atoms with E-state index in [1.165, 1.54) is 6.42 Å². The topological polar surface area (TPSA) is 67.9 Å². The predicted octanol–water partition coefficient (Wildman–Crippen LogP) is 4.25. The van der Waals surface area contributed by atoms with E-state index in [0.29, 0.717) is 0 Å². The van der Waals surface area contributed by atoms with Crippen molar-refractivity contribution in [2.45, 2.75) is 50.6 Å². The number of benzene rings is 2. The van der Waals surface area contributed by atoms with Gasteiger partial charge in [-0.05, 0) is 54.8 Å². The maximum atomic E-state index is 13.3. The largest absolute Gasteiger partial charge is 0.497 e. The zero-order valence-electron chi connectivity index (χ0n) is 18.2. The zero-order valence-corrected chi connectivity index (χ0v) is 18.2. The molecule has 2 aromatic carbocycles. The molecule has 2 fully saturated rings. The van der Waals surface area contributed by atoms with Crippen molar-refractivity contribution >= 4 is 17.5 Å². The fourth-order valence-electron chi connectivity index (χ4n) is 4.75. The average Bonchev–Trinajstić information content (AvgIpc) is 3.17. The van der Waals surface area contributed by atoms with Gasteiger partial charge in [0.05, 0.1) is 26.2 Å². The second kappa shape index (κ2) is 9.41. The fourth-order valence-corrected chi connectivity index (χ4v) is 4.75. The molecule has 2 atom stereocenters. The fraction of sp³-hybridized carbons (Fsp3) is 0.440. The van der Waals surface area contributed by atoms with E-state index in [4.69, 9.17) is 9.47 Å². The summed E-state index contributed by atoms with van der Waals surface area (Å²) in [5, 5.41) is 3.23. The number of anilines is 1. The standard InChI is InChI=1S/C25H30N2O4/c1-30-20-12-8-17(9-13-20)24-22(25(29)26-18-6-4-3-5-7-18)16-23(28)27(24)19-10-14-21(31-2)15-11-19/h8-15,18,22,24H,3-7,16H2,1-2H3,(H,26,29)/t22-,24-/m0/s1. The Balaban J connectivity index is 1.65. The van der Waals surface area contributed by atoms with Gasteiger partial charge >= 0.3 is 0 Å². The first-order valence-corrected chi connectivity index (χ1v) is 11.0. The van der Waals surface area contributed by atoms with Crippen LogP contribution in [-0.2, 0) is 9.59 Å². The lowest BCUT2D eigenvalue weighted by molar-refractivity contribution is -0.127. The third kappa shape index (κ3) is 4.53. The van der Waals surface area contributed by atoms with Crippen LogP contribution in [0.4, 0.5) is 5.69 Å². The van der Waals surface area contributed by atoms with Gasteiger partial charge in [0.15, 0.2) is 0 Å². The van der Waals surface area contributed by atoms with Crippen LogP contribution < -0.4 is 19.7 Å². The highest BCUT2D eigenvalue weighted by Gasteiger charge is 2.45. The van der Waals surface area contributed by atoms with Crippen molar-refractivity contribution in [3.8, 4) is 11.5 Å². The van der Waals surface area contributed by atoms with Crippen LogP contribution in [0.5, 0.6) is 11.5 Å². The molecule has 4 rings (SSSR count). The molecule has 0 radical (unpaired) electrons. The number of carbonyl (C=O) groups excluding carboxylic acids is 2. The quantitative estimate of drug-likeness (QED) is 0.756. The second-order valence-electron chi connectivity index (χ2n) is 8.33. The van der Waals surface area contributed by atoms with Crippen LogP contribution in [-0.4, -0.2) is 32.1 Å². The van der Waals surface area contributed by atoms with Crippen molar-refractivity contribution in [3.05, 3.63) is 54.1 Å². The van der Waals surface area contributed by atoms with E-state index in [1.54, 1.807) is 19.1 Å². The molecule has 164 valence electrons. The lowest BCUT2D eigenvalue weighted by Crippen LogP contribution is -2.41. The van der Waals surface area contributed by atoms with Gasteiger partial charge in [-0.1, -0.05) is 31.4 Å². The first-order chi connectivity index (χ1) is 15.1. The number of rotatable bonds is 6. The van der Waals surface area contributed by atoms with E-state index in [0.717, 1.165) is 48.4 Å². The Morgan fingerprint density at radius 3 is 2.06 bits per heavy atom. The third-order valence-electron chi connectivity index (χ3n) is 6.42. The number of nitrogens with one attached hydrogen (secondary N) is 1. The zero-order chi connectivity index (χ0) is 21.8. The highest BCUT2D eigenvalue weighted by atomic mass is 16.5. The number of hydrogen-bond acceptors (Lipinski definition) is 4. The number of amides is 2. The molecule has 1 saturated heterocycles. The van der Waals surface area contributed by atoms with Crippen molar-refractivity contribution in [1.29, 1.82) is 0 Å². The molecule has 0 bridgehead atoms. The maximum absolute atomic E-state index is 13.3. The Labute approximate surface area is 183 Å². The summed E-state index contributed by atoms with van der Waals surface area (Å²) in [7, 11) is 3.24. The molecule has 1 heterocycles. The summed E-state index contributed by atoms with van der Waals surface area (Å²) in [5.74, 6) is 0.951. The highest BCUT2D eigenvalue weighted by molar-refractivity contribution is 6.01. The normalized spacial score (nSPS) is 21.7. The molecule has 2 aliphatic rings. The number of ether oxygens (including phenoxy) is 2. The van der Waals surface area contributed by atoms with E-state index in [2.05, 4.69) is 5.32 Å². The minimum absolute atomic E-state index is 0.0305. The summed E-state index contributed by atoms with van der Waals surface area (Å²) in [6.07, 6.45) is 5.75. The Morgan fingerprint density at radius 1 is 0.903 bits per heavy atom. The molecule has 2 aromatic rings. The van der Waals surface area contributed by atoms with E-state index >= 15 is 0 Å². The van der Waals surface area contributed by atoms with Gasteiger partial charge in [0.25, 0.3) is 0 Å². The number of methoxy groups -OCH3 is 2. The van der Waals surface area contributed by atoms with Crippen LogP contribution in [0.15, 0.2) is 48.5 Å². The van der Waals surface area contributed by atoms with Gasteiger partial charge in [0.1, 0.15) is 11.5 Å². The van der Waals surface area contributed by atoms with Gasteiger partial charge in [-0.2, -0.15) is 0 Å². The van der Waals surface area contributed by atoms with Crippen LogP contribution in [0.2, 0.25) is 0 Å². The molecule has 1 N–H and O–H groups in total. The highest BCUT2D eigenvalue weighted by Crippen LogP contribution is 2.42. The van der Waals surface area contributed by atoms with Crippen molar-refractivity contribution in [2.24, 2.45) is 5.92 Å². The summed E-state index contributed by atoms with van der Waals surface area (Å²) in [5.41, 5.74) is 1.69. The van der Waals surface area contributed by atoms with Gasteiger partial charge in [-0.3, -0.25) is 9.59 Å². The lowest BCUT2D eigenvalue weighted by Gasteiger charge is -2.30. The predicted molar refractivity (Wildman–Crippen MR) is 119 cm³/mol. The minimum atomic E-state index is -0.440. The van der Waals surface area contributed by atoms with Crippen molar-refractivity contribution in [2.75, 3.05) is 19.1 Å². The number of hydrogen-bond donors (Lipinski definition) is 1. The molecule has 0 aromatic heterocycles. The van der Waals surface area contributed by atoms with Crippen molar-refractivity contribution < 1.29 is 19.1 Å². The molecular weight excluding hydrogens is 392 g/mol. The Kier molecular flexibility index (Phi) is 6.44. The van der Waals surface area contributed by atoms with E-state index in [9.17, 15) is 9.59 Å². The maximum Gasteiger partial charge on any atom is 0.228 e. The van der Waals surface area contributed by atoms with Crippen LogP contribution in [0.3, 0.4) is 0 Å². The summed E-state index contributed by atoms with van der Waals surface area (Å²) in [6, 6.07) is 14.9. The number of nitrogens with zero attached hydrogens (tertiary/aromatic N) is 1. The second-order valence-corrected chi connectivity index (χ2v) is 8.33. The molecule has 2 amide bonds. The van der Waals surface area contributed by atoms with Crippen LogP contribution >= 0.6 is 0 Å². The van der Waals surface area contributed by atoms with E-state index < -0.39 is 5.92 Å².